The Morgan fingerprint density at radius 1 is 1.00 bits per heavy atom. The highest BCUT2D eigenvalue weighted by Gasteiger charge is 2.37. The average Bonchev–Trinajstić information content (AvgIpc) is 2.82. The van der Waals surface area contributed by atoms with Gasteiger partial charge < -0.3 is 5.32 Å². The van der Waals surface area contributed by atoms with E-state index in [1.54, 1.807) is 12.3 Å². The van der Waals surface area contributed by atoms with Crippen molar-refractivity contribution >= 4 is 5.91 Å². The number of nitrogens with one attached hydrogen (secondary N) is 1. The van der Waals surface area contributed by atoms with Crippen LogP contribution in [0.4, 0.5) is 4.39 Å². The monoisotopic (exact) mass is 425 g/mol. The van der Waals surface area contributed by atoms with Gasteiger partial charge in [-0.05, 0) is 56.1 Å². The number of hydrogen-bond acceptors (Lipinski definition) is 5. The van der Waals surface area contributed by atoms with Crippen molar-refractivity contribution in [1.82, 2.24) is 25.1 Å². The lowest BCUT2D eigenvalue weighted by atomic mass is 9.88. The van der Waals surface area contributed by atoms with Crippen molar-refractivity contribution in [3.63, 3.8) is 0 Å². The van der Waals surface area contributed by atoms with E-state index in [0.29, 0.717) is 12.1 Å². The lowest BCUT2D eigenvalue weighted by molar-refractivity contribution is -0.129. The number of fused-ring (bicyclic) bond motifs is 1. The SMILES string of the molecule is O=C1NCCCCCCN(Cc2ccncc2)[C@@H]2CN(Cc3ccncc3F)CC[C@@H]12. The minimum atomic E-state index is -0.265. The van der Waals surface area contributed by atoms with E-state index in [0.717, 1.165) is 58.4 Å². The van der Waals surface area contributed by atoms with Crippen LogP contribution < -0.4 is 5.32 Å². The van der Waals surface area contributed by atoms with Gasteiger partial charge in [-0.15, -0.1) is 0 Å². The predicted octanol–water partition coefficient (Wildman–Crippen LogP) is 3.00. The fraction of sp³-hybridized carbons (Fsp3) is 0.542. The second kappa shape index (κ2) is 10.8. The summed E-state index contributed by atoms with van der Waals surface area (Å²) in [6, 6.07) is 5.95. The van der Waals surface area contributed by atoms with Crippen LogP contribution in [0.5, 0.6) is 0 Å². The highest BCUT2D eigenvalue weighted by Crippen LogP contribution is 2.27. The fourth-order valence-electron chi connectivity index (χ4n) is 4.81. The minimum absolute atomic E-state index is 0.0431. The van der Waals surface area contributed by atoms with Crippen molar-refractivity contribution < 1.29 is 9.18 Å². The number of likely N-dealkylation sites (tertiary alicyclic amines) is 1. The molecule has 2 aromatic heterocycles. The largest absolute Gasteiger partial charge is 0.356 e. The maximum Gasteiger partial charge on any atom is 0.224 e. The molecule has 0 aromatic carbocycles. The Morgan fingerprint density at radius 3 is 2.65 bits per heavy atom. The van der Waals surface area contributed by atoms with Gasteiger partial charge in [-0.1, -0.05) is 12.8 Å². The van der Waals surface area contributed by atoms with Gasteiger partial charge in [0.2, 0.25) is 5.91 Å². The average molecular weight is 426 g/mol. The van der Waals surface area contributed by atoms with E-state index in [1.807, 2.05) is 24.5 Å². The van der Waals surface area contributed by atoms with Gasteiger partial charge in [0.1, 0.15) is 5.82 Å². The normalized spacial score (nSPS) is 24.1. The van der Waals surface area contributed by atoms with Crippen molar-refractivity contribution in [2.75, 3.05) is 26.2 Å². The maximum absolute atomic E-state index is 14.2. The molecule has 0 radical (unpaired) electrons. The number of aromatic nitrogens is 2. The molecular weight excluding hydrogens is 393 g/mol. The van der Waals surface area contributed by atoms with Crippen LogP contribution in [0, 0.1) is 11.7 Å². The van der Waals surface area contributed by atoms with Gasteiger partial charge in [-0.25, -0.2) is 4.39 Å². The first-order valence-electron chi connectivity index (χ1n) is 11.4. The summed E-state index contributed by atoms with van der Waals surface area (Å²) in [6.45, 7) is 4.62. The molecule has 31 heavy (non-hydrogen) atoms. The summed E-state index contributed by atoms with van der Waals surface area (Å²) in [4.78, 5) is 25.8. The van der Waals surface area contributed by atoms with E-state index in [4.69, 9.17) is 0 Å². The third-order valence-corrected chi connectivity index (χ3v) is 6.53. The fourth-order valence-corrected chi connectivity index (χ4v) is 4.81. The lowest BCUT2D eigenvalue weighted by Crippen LogP contribution is -2.56. The molecule has 0 spiro atoms. The summed E-state index contributed by atoms with van der Waals surface area (Å²) in [6.07, 6.45) is 11.8. The van der Waals surface area contributed by atoms with Gasteiger partial charge in [-0.2, -0.15) is 0 Å². The van der Waals surface area contributed by atoms with Crippen molar-refractivity contribution in [1.29, 1.82) is 0 Å². The first-order chi connectivity index (χ1) is 15.2. The first-order valence-corrected chi connectivity index (χ1v) is 11.4. The summed E-state index contributed by atoms with van der Waals surface area (Å²) in [7, 11) is 0. The quantitative estimate of drug-likeness (QED) is 0.816. The molecule has 2 aliphatic heterocycles. The van der Waals surface area contributed by atoms with Crippen LogP contribution in [0.25, 0.3) is 0 Å². The van der Waals surface area contributed by atoms with Gasteiger partial charge in [0.05, 0.1) is 12.1 Å². The molecule has 4 heterocycles. The third-order valence-electron chi connectivity index (χ3n) is 6.53. The molecule has 0 unspecified atom stereocenters. The number of carbonyl (C=O) groups excluding carboxylic acids is 1. The molecule has 1 N–H and O–H groups in total. The zero-order valence-electron chi connectivity index (χ0n) is 18.0. The first kappa shape index (κ1) is 21.8. The van der Waals surface area contributed by atoms with E-state index in [9.17, 15) is 9.18 Å². The summed E-state index contributed by atoms with van der Waals surface area (Å²) < 4.78 is 14.2. The molecule has 2 atom stereocenters. The van der Waals surface area contributed by atoms with E-state index >= 15 is 0 Å². The number of amides is 1. The molecular formula is C24H32FN5O. The number of nitrogens with zero attached hydrogens (tertiary/aromatic N) is 4. The van der Waals surface area contributed by atoms with Crippen LogP contribution in [0.1, 0.15) is 43.2 Å². The number of halogens is 1. The van der Waals surface area contributed by atoms with Crippen molar-refractivity contribution in [2.45, 2.75) is 51.2 Å². The van der Waals surface area contributed by atoms with Gasteiger partial charge in [0, 0.05) is 56.4 Å². The molecule has 2 aromatic rings. The van der Waals surface area contributed by atoms with Crippen molar-refractivity contribution in [2.24, 2.45) is 5.92 Å². The number of carbonyl (C=O) groups is 1. The zero-order chi connectivity index (χ0) is 21.5. The molecule has 4 rings (SSSR count). The lowest BCUT2D eigenvalue weighted by Gasteiger charge is -2.43. The van der Waals surface area contributed by atoms with Gasteiger partial charge in [0.15, 0.2) is 0 Å². The minimum Gasteiger partial charge on any atom is -0.356 e. The molecule has 0 saturated carbocycles. The molecule has 166 valence electrons. The van der Waals surface area contributed by atoms with Gasteiger partial charge in [0.25, 0.3) is 0 Å². The maximum atomic E-state index is 14.2. The Kier molecular flexibility index (Phi) is 7.59. The second-order valence-electron chi connectivity index (χ2n) is 8.70. The van der Waals surface area contributed by atoms with Crippen molar-refractivity contribution in [3.8, 4) is 0 Å². The van der Waals surface area contributed by atoms with Crippen LogP contribution in [-0.4, -0.2) is 57.9 Å². The highest BCUT2D eigenvalue weighted by atomic mass is 19.1. The molecule has 0 bridgehead atoms. The van der Waals surface area contributed by atoms with Gasteiger partial charge >= 0.3 is 0 Å². The van der Waals surface area contributed by atoms with E-state index < -0.39 is 0 Å². The van der Waals surface area contributed by atoms with Gasteiger partial charge in [-0.3, -0.25) is 24.6 Å². The molecule has 2 fully saturated rings. The van der Waals surface area contributed by atoms with Crippen LogP contribution in [0.3, 0.4) is 0 Å². The third kappa shape index (κ3) is 5.86. The Balaban J connectivity index is 1.56. The standard InChI is InChI=1S/C24H32FN5O/c25-22-15-27-12-7-20(22)17-29-14-8-21-23(18-29)30(16-19-5-10-26-11-6-19)13-4-2-1-3-9-28-24(21)31/h5-7,10-12,15,21,23H,1-4,8-9,13-14,16-18H2,(H,28,31)/t21-,23-/m1/s1. The van der Waals surface area contributed by atoms with Crippen LogP contribution in [0.15, 0.2) is 43.0 Å². The Morgan fingerprint density at radius 2 is 1.81 bits per heavy atom. The predicted molar refractivity (Wildman–Crippen MR) is 117 cm³/mol. The number of piperidine rings is 1. The van der Waals surface area contributed by atoms with E-state index in [2.05, 4.69) is 25.1 Å². The topological polar surface area (TPSA) is 61.4 Å². The van der Waals surface area contributed by atoms with E-state index in [1.165, 1.54) is 18.2 Å². The van der Waals surface area contributed by atoms with Crippen molar-refractivity contribution in [3.05, 3.63) is 59.9 Å². The number of hydrogen-bond donors (Lipinski definition) is 1. The Bertz CT molecular complexity index is 849. The summed E-state index contributed by atoms with van der Waals surface area (Å²) in [5, 5.41) is 3.17. The molecule has 2 saturated heterocycles. The summed E-state index contributed by atoms with van der Waals surface area (Å²) >= 11 is 0. The smallest absolute Gasteiger partial charge is 0.224 e. The molecule has 0 aliphatic carbocycles. The van der Waals surface area contributed by atoms with E-state index in [-0.39, 0.29) is 23.7 Å². The molecule has 6 nitrogen and oxygen atoms in total. The summed E-state index contributed by atoms with van der Waals surface area (Å²) in [5.74, 6) is -0.140. The molecule has 1 amide bonds. The Labute approximate surface area is 183 Å². The summed E-state index contributed by atoms with van der Waals surface area (Å²) in [5.41, 5.74) is 1.87. The second-order valence-corrected chi connectivity index (χ2v) is 8.70. The zero-order valence-corrected chi connectivity index (χ0v) is 18.0. The van der Waals surface area contributed by atoms with Crippen LogP contribution >= 0.6 is 0 Å². The Hall–Kier alpha value is -2.38. The van der Waals surface area contributed by atoms with Crippen LogP contribution in [-0.2, 0) is 17.9 Å². The highest BCUT2D eigenvalue weighted by molar-refractivity contribution is 5.79. The number of pyridine rings is 2. The number of rotatable bonds is 4. The molecule has 7 heteroatoms. The molecule has 2 aliphatic rings. The van der Waals surface area contributed by atoms with Crippen LogP contribution in [0.2, 0.25) is 0 Å².